The summed E-state index contributed by atoms with van der Waals surface area (Å²) in [5, 5.41) is 21.2. The summed E-state index contributed by atoms with van der Waals surface area (Å²) < 4.78 is 11.8. The van der Waals surface area contributed by atoms with E-state index in [1.807, 2.05) is 77.9 Å². The van der Waals surface area contributed by atoms with Crippen molar-refractivity contribution in [3.63, 3.8) is 0 Å². The van der Waals surface area contributed by atoms with E-state index in [1.165, 1.54) is 12.5 Å². The molecule has 4 heterocycles. The second kappa shape index (κ2) is 15.5. The summed E-state index contributed by atoms with van der Waals surface area (Å²) >= 11 is 1.56. The van der Waals surface area contributed by atoms with Gasteiger partial charge in [0.25, 0.3) is 11.8 Å². The first-order chi connectivity index (χ1) is 24.4. The van der Waals surface area contributed by atoms with Crippen molar-refractivity contribution in [1.29, 1.82) is 0 Å². The van der Waals surface area contributed by atoms with Crippen molar-refractivity contribution >= 4 is 23.2 Å². The molecule has 11 heteroatoms. The van der Waals surface area contributed by atoms with E-state index in [0.29, 0.717) is 49.6 Å². The number of aryl methyl sites for hydroxylation is 1. The number of carbonyl (C=O) groups is 2. The van der Waals surface area contributed by atoms with Gasteiger partial charge in [-0.1, -0.05) is 60.7 Å². The summed E-state index contributed by atoms with van der Waals surface area (Å²) in [4.78, 5) is 39.1. The summed E-state index contributed by atoms with van der Waals surface area (Å²) in [6.45, 7) is 3.64. The van der Waals surface area contributed by atoms with Crippen molar-refractivity contribution in [2.45, 2.75) is 69.5 Å². The average Bonchev–Trinajstić information content (AvgIpc) is 3.99. The molecule has 10 nitrogen and oxygen atoms in total. The zero-order valence-corrected chi connectivity index (χ0v) is 28.7. The van der Waals surface area contributed by atoms with Crippen molar-refractivity contribution in [1.82, 2.24) is 25.5 Å². The van der Waals surface area contributed by atoms with Gasteiger partial charge in [0.2, 0.25) is 5.89 Å². The Morgan fingerprint density at radius 1 is 1.08 bits per heavy atom. The van der Waals surface area contributed by atoms with E-state index in [4.69, 9.17) is 9.15 Å². The molecule has 5 atom stereocenters. The number of likely N-dealkylation sites (tertiary alicyclic amines) is 1. The summed E-state index contributed by atoms with van der Waals surface area (Å²) in [6, 6.07) is 23.8. The van der Waals surface area contributed by atoms with Crippen LogP contribution in [0.5, 0.6) is 0 Å². The zero-order valence-electron chi connectivity index (χ0n) is 27.9. The van der Waals surface area contributed by atoms with Gasteiger partial charge in [0, 0.05) is 46.9 Å². The van der Waals surface area contributed by atoms with Crippen LogP contribution in [0.2, 0.25) is 0 Å². The Bertz CT molecular complexity index is 1880. The van der Waals surface area contributed by atoms with Crippen LogP contribution in [0.3, 0.4) is 0 Å². The van der Waals surface area contributed by atoms with E-state index >= 15 is 0 Å². The molecule has 5 aromatic rings. The number of aromatic nitrogens is 2. The zero-order chi connectivity index (χ0) is 34.5. The number of nitrogens with one attached hydrogen (secondary N) is 2. The number of hydrogen-bond acceptors (Lipinski definition) is 9. The number of thiazole rings is 1. The minimum atomic E-state index is -0.910. The molecule has 0 bridgehead atoms. The Balaban J connectivity index is 1.12. The van der Waals surface area contributed by atoms with Crippen LogP contribution in [0.15, 0.2) is 101 Å². The van der Waals surface area contributed by atoms with Gasteiger partial charge in [-0.05, 0) is 61.9 Å². The highest BCUT2D eigenvalue weighted by Gasteiger charge is 2.36. The van der Waals surface area contributed by atoms with E-state index in [9.17, 15) is 14.7 Å². The molecule has 3 N–H and O–H groups in total. The largest absolute Gasteiger partial charge is 0.445 e. The minimum Gasteiger partial charge on any atom is -0.445 e. The third kappa shape index (κ3) is 7.87. The normalized spacial score (nSPS) is 20.1. The number of carbonyl (C=O) groups excluding carboxylic acids is 2. The molecule has 3 aromatic carbocycles. The maximum absolute atomic E-state index is 14.1. The molecule has 2 aliphatic rings. The predicted octanol–water partition coefficient (Wildman–Crippen LogP) is 5.73. The Kier molecular flexibility index (Phi) is 10.5. The molecular weight excluding hydrogens is 651 g/mol. The first-order valence-electron chi connectivity index (χ1n) is 17.1. The molecule has 2 amide bonds. The lowest BCUT2D eigenvalue weighted by atomic mass is 9.94. The van der Waals surface area contributed by atoms with E-state index in [2.05, 4.69) is 20.6 Å². The molecular formula is C39H41N5O5S. The van der Waals surface area contributed by atoms with Gasteiger partial charge in [0.05, 0.1) is 37.1 Å². The summed E-state index contributed by atoms with van der Waals surface area (Å²) in [6.07, 6.45) is 4.72. The Labute approximate surface area is 295 Å². The van der Waals surface area contributed by atoms with Crippen molar-refractivity contribution in [3.8, 4) is 11.5 Å². The van der Waals surface area contributed by atoms with Crippen molar-refractivity contribution in [3.05, 3.63) is 130 Å². The molecule has 50 heavy (non-hydrogen) atoms. The topological polar surface area (TPSA) is 130 Å². The van der Waals surface area contributed by atoms with E-state index < -0.39 is 18.1 Å². The molecule has 0 unspecified atom stereocenters. The molecule has 7 rings (SSSR count). The van der Waals surface area contributed by atoms with Gasteiger partial charge >= 0.3 is 0 Å². The molecule has 0 aliphatic carbocycles. The Morgan fingerprint density at radius 3 is 2.56 bits per heavy atom. The molecule has 0 saturated carbocycles. The van der Waals surface area contributed by atoms with Crippen molar-refractivity contribution < 1.29 is 23.8 Å². The fourth-order valence-electron chi connectivity index (χ4n) is 6.89. The number of rotatable bonds is 12. The van der Waals surface area contributed by atoms with Crippen LogP contribution in [0.4, 0.5) is 0 Å². The van der Waals surface area contributed by atoms with E-state index in [-0.39, 0.29) is 29.7 Å². The standard InChI is InChI=1S/C39H41N5O5S/c1-25-24-50-38(42-25)34-13-8-15-44(34)39(47)30-19-28(18-29(20-30)37-40-14-16-48-37)36(46)43-33(17-26-9-4-2-5-10-26)35(45)32-21-31(22-41-32)49-23-27-11-6-3-7-12-27/h2-7,9-12,14,16,18-20,24,31-35,41,45H,8,13,15,17,21-23H2,1H3,(H,43,46)/t31-,32-,33+,34-,35+/m1/s1. The molecule has 0 radical (unpaired) electrons. The summed E-state index contributed by atoms with van der Waals surface area (Å²) in [5.74, 6) is -0.281. The third-order valence-corrected chi connectivity index (χ3v) is 10.5. The third-order valence-electron chi connectivity index (χ3n) is 9.45. The molecule has 2 aromatic heterocycles. The first kappa shape index (κ1) is 33.8. The van der Waals surface area contributed by atoms with Crippen LogP contribution in [-0.4, -0.2) is 69.2 Å². The van der Waals surface area contributed by atoms with E-state index in [0.717, 1.165) is 34.7 Å². The molecule has 0 spiro atoms. The number of ether oxygens (including phenoxy) is 1. The van der Waals surface area contributed by atoms with Crippen LogP contribution >= 0.6 is 11.3 Å². The average molecular weight is 692 g/mol. The smallest absolute Gasteiger partial charge is 0.254 e. The van der Waals surface area contributed by atoms with Gasteiger partial charge in [0.1, 0.15) is 11.3 Å². The van der Waals surface area contributed by atoms with Crippen molar-refractivity contribution in [2.24, 2.45) is 0 Å². The lowest BCUT2D eigenvalue weighted by molar-refractivity contribution is 0.0419. The molecule has 2 saturated heterocycles. The minimum absolute atomic E-state index is 0.0725. The number of amides is 2. The molecule has 2 aliphatic heterocycles. The number of aliphatic hydroxyl groups is 1. The van der Waals surface area contributed by atoms with Crippen LogP contribution in [0.25, 0.3) is 11.5 Å². The van der Waals surface area contributed by atoms with Gasteiger partial charge in [-0.15, -0.1) is 11.3 Å². The Morgan fingerprint density at radius 2 is 1.84 bits per heavy atom. The van der Waals surface area contributed by atoms with Gasteiger partial charge in [-0.3, -0.25) is 9.59 Å². The lowest BCUT2D eigenvalue weighted by Gasteiger charge is -2.29. The highest BCUT2D eigenvalue weighted by Crippen LogP contribution is 2.35. The van der Waals surface area contributed by atoms with Gasteiger partial charge in [0.15, 0.2) is 0 Å². The monoisotopic (exact) mass is 691 g/mol. The van der Waals surface area contributed by atoms with Gasteiger partial charge < -0.3 is 29.8 Å². The number of oxazole rings is 1. The van der Waals surface area contributed by atoms with Gasteiger partial charge in [-0.25, -0.2) is 9.97 Å². The number of nitrogens with zero attached hydrogens (tertiary/aromatic N) is 3. The number of aliphatic hydroxyl groups excluding tert-OH is 1. The second-order valence-electron chi connectivity index (χ2n) is 13.0. The van der Waals surface area contributed by atoms with Crippen LogP contribution in [-0.2, 0) is 17.8 Å². The first-order valence-corrected chi connectivity index (χ1v) is 18.0. The summed E-state index contributed by atoms with van der Waals surface area (Å²) in [5.41, 5.74) is 4.16. The molecule has 258 valence electrons. The molecule has 2 fully saturated rings. The quantitative estimate of drug-likeness (QED) is 0.151. The maximum atomic E-state index is 14.1. The highest BCUT2D eigenvalue weighted by atomic mass is 32.1. The number of hydrogen-bond donors (Lipinski definition) is 3. The van der Waals surface area contributed by atoms with E-state index in [1.54, 1.807) is 29.5 Å². The SMILES string of the molecule is Cc1csc([C@H]2CCCN2C(=O)c2cc(C(=O)N[C@@H](Cc3ccccc3)[C@@H](O)[C@H]3C[C@@H](OCc4ccccc4)CN3)cc(-c3ncco3)c2)n1. The number of benzene rings is 3. The highest BCUT2D eigenvalue weighted by molar-refractivity contribution is 7.09. The van der Waals surface area contributed by atoms with Crippen LogP contribution in [0.1, 0.15) is 67.8 Å². The van der Waals surface area contributed by atoms with Gasteiger partial charge in [-0.2, -0.15) is 0 Å². The fourth-order valence-corrected chi connectivity index (χ4v) is 7.84. The second-order valence-corrected chi connectivity index (χ2v) is 13.9. The van der Waals surface area contributed by atoms with Crippen molar-refractivity contribution in [2.75, 3.05) is 13.1 Å². The van der Waals surface area contributed by atoms with Crippen LogP contribution < -0.4 is 10.6 Å². The predicted molar refractivity (Wildman–Crippen MR) is 191 cm³/mol. The fraction of sp³-hybridized carbons (Fsp3) is 0.333. The lowest BCUT2D eigenvalue weighted by Crippen LogP contribution is -2.52. The summed E-state index contributed by atoms with van der Waals surface area (Å²) in [7, 11) is 0. The Hall–Kier alpha value is -4.68. The van der Waals surface area contributed by atoms with Crippen LogP contribution in [0, 0.1) is 6.92 Å². The maximum Gasteiger partial charge on any atom is 0.254 e.